The first kappa shape index (κ1) is 16.6. The van der Waals surface area contributed by atoms with Gasteiger partial charge in [0.15, 0.2) is 22.7 Å². The first-order chi connectivity index (χ1) is 14.0. The van der Waals surface area contributed by atoms with Gasteiger partial charge in [-0.2, -0.15) is 5.84 Å². The van der Waals surface area contributed by atoms with Crippen LogP contribution in [0.5, 0.6) is 0 Å². The molecule has 2 unspecified atom stereocenters. The first-order valence-corrected chi connectivity index (χ1v) is 9.46. The van der Waals surface area contributed by atoms with E-state index < -0.39 is 9.40 Å². The molecule has 0 aliphatic carbocycles. The number of hydrogen-bond acceptors (Lipinski definition) is 3. The lowest BCUT2D eigenvalue weighted by molar-refractivity contribution is 0.548. The smallest absolute Gasteiger partial charge is 0.171 e. The van der Waals surface area contributed by atoms with Gasteiger partial charge in [-0.25, -0.2) is 4.76 Å². The van der Waals surface area contributed by atoms with Crippen LogP contribution in [0.1, 0.15) is 0 Å². The van der Waals surface area contributed by atoms with E-state index in [1.807, 2.05) is 78.9 Å². The van der Waals surface area contributed by atoms with Crippen LogP contribution >= 0.6 is 0 Å². The molecule has 0 saturated heterocycles. The highest BCUT2D eigenvalue weighted by Crippen LogP contribution is 2.61. The van der Waals surface area contributed by atoms with Crippen LogP contribution < -0.4 is 15.2 Å². The SMILES string of the molecule is N[N+]1([O-])c2ccccc2-c2cc3c(cc21)[N+]([O-])(c1ccccc1)c1ccccc1-3. The molecule has 2 N–H and O–H groups in total. The lowest BCUT2D eigenvalue weighted by Gasteiger charge is -2.39. The predicted molar refractivity (Wildman–Crippen MR) is 117 cm³/mol. The highest BCUT2D eigenvalue weighted by atomic mass is 16.6. The van der Waals surface area contributed by atoms with E-state index in [0.717, 1.165) is 22.3 Å². The fourth-order valence-corrected chi connectivity index (χ4v) is 4.69. The average Bonchev–Trinajstić information content (AvgIpc) is 3.15. The van der Waals surface area contributed by atoms with Crippen LogP contribution in [0.4, 0.5) is 28.4 Å². The Hall–Kier alpha value is -3.32. The minimum Gasteiger partial charge on any atom is -0.616 e. The second-order valence-corrected chi connectivity index (χ2v) is 7.52. The number of rotatable bonds is 1. The van der Waals surface area contributed by atoms with E-state index in [4.69, 9.17) is 5.84 Å². The van der Waals surface area contributed by atoms with E-state index in [1.165, 1.54) is 0 Å². The van der Waals surface area contributed by atoms with E-state index >= 15 is 0 Å². The van der Waals surface area contributed by atoms with Crippen molar-refractivity contribution >= 4 is 28.4 Å². The Balaban J connectivity index is 1.72. The van der Waals surface area contributed by atoms with E-state index in [-0.39, 0.29) is 0 Å². The Bertz CT molecular complexity index is 1300. The Morgan fingerprint density at radius 1 is 0.517 bits per heavy atom. The molecule has 0 fully saturated rings. The maximum Gasteiger partial charge on any atom is 0.171 e. The van der Waals surface area contributed by atoms with Crippen molar-refractivity contribution < 1.29 is 0 Å². The topological polar surface area (TPSA) is 72.1 Å². The number of para-hydroxylation sites is 3. The minimum atomic E-state index is -1.11. The van der Waals surface area contributed by atoms with Crippen LogP contribution in [0.15, 0.2) is 91.0 Å². The number of benzene rings is 4. The van der Waals surface area contributed by atoms with Gasteiger partial charge in [0.1, 0.15) is 5.69 Å². The molecule has 0 spiro atoms. The monoisotopic (exact) mass is 379 g/mol. The van der Waals surface area contributed by atoms with Crippen LogP contribution in [-0.2, 0) is 0 Å². The normalized spacial score (nSPS) is 23.3. The zero-order chi connectivity index (χ0) is 19.8. The van der Waals surface area contributed by atoms with Crippen LogP contribution in [0, 0.1) is 10.4 Å². The fourth-order valence-electron chi connectivity index (χ4n) is 4.69. The van der Waals surface area contributed by atoms with Gasteiger partial charge in [0, 0.05) is 29.8 Å². The Kier molecular flexibility index (Phi) is 3.09. The van der Waals surface area contributed by atoms with Crippen molar-refractivity contribution in [2.75, 3.05) is 0 Å². The summed E-state index contributed by atoms with van der Waals surface area (Å²) in [5.74, 6) is 6.20. The lowest BCUT2D eigenvalue weighted by Crippen LogP contribution is -2.43. The van der Waals surface area contributed by atoms with Crippen molar-refractivity contribution in [1.82, 2.24) is 9.40 Å². The summed E-state index contributed by atoms with van der Waals surface area (Å²) in [7, 11) is 0. The van der Waals surface area contributed by atoms with E-state index in [9.17, 15) is 10.4 Å². The van der Waals surface area contributed by atoms with Crippen molar-refractivity contribution in [3.05, 3.63) is 101 Å². The molecule has 5 nitrogen and oxygen atoms in total. The summed E-state index contributed by atoms with van der Waals surface area (Å²) in [5.41, 5.74) is 5.97. The molecular formula is C24H17N3O2. The summed E-state index contributed by atoms with van der Waals surface area (Å²) in [4.78, 5) is 0. The molecule has 0 saturated carbocycles. The zero-order valence-corrected chi connectivity index (χ0v) is 15.4. The van der Waals surface area contributed by atoms with E-state index in [0.29, 0.717) is 28.4 Å². The van der Waals surface area contributed by atoms with Gasteiger partial charge in [0.05, 0.1) is 22.8 Å². The second kappa shape index (κ2) is 5.39. The second-order valence-electron chi connectivity index (χ2n) is 7.52. The third-order valence-electron chi connectivity index (χ3n) is 6.02. The van der Waals surface area contributed by atoms with Gasteiger partial charge in [-0.3, -0.25) is 4.65 Å². The molecule has 0 radical (unpaired) electrons. The molecule has 5 heteroatoms. The number of quaternary nitrogens is 2. The van der Waals surface area contributed by atoms with Crippen molar-refractivity contribution in [3.63, 3.8) is 0 Å². The summed E-state index contributed by atoms with van der Waals surface area (Å²) in [6.45, 7) is 0. The molecule has 29 heavy (non-hydrogen) atoms. The van der Waals surface area contributed by atoms with E-state index in [2.05, 4.69) is 0 Å². The molecular weight excluding hydrogens is 362 g/mol. The number of fused-ring (bicyclic) bond motifs is 6. The van der Waals surface area contributed by atoms with Crippen molar-refractivity contribution in [2.45, 2.75) is 0 Å². The molecule has 0 bridgehead atoms. The summed E-state index contributed by atoms with van der Waals surface area (Å²) in [5, 5.41) is 27.8. The fraction of sp³-hybridized carbons (Fsp3) is 0. The molecule has 4 aromatic rings. The van der Waals surface area contributed by atoms with Crippen molar-refractivity contribution in [3.8, 4) is 22.3 Å². The van der Waals surface area contributed by atoms with Gasteiger partial charge in [0.25, 0.3) is 0 Å². The molecule has 2 heterocycles. The van der Waals surface area contributed by atoms with Gasteiger partial charge in [-0.05, 0) is 18.2 Å². The van der Waals surface area contributed by atoms with Gasteiger partial charge in [-0.15, -0.1) is 0 Å². The van der Waals surface area contributed by atoms with Gasteiger partial charge < -0.3 is 10.4 Å². The maximum absolute atomic E-state index is 14.4. The van der Waals surface area contributed by atoms with Gasteiger partial charge in [0.2, 0.25) is 0 Å². The third kappa shape index (κ3) is 1.95. The zero-order valence-electron chi connectivity index (χ0n) is 15.4. The first-order valence-electron chi connectivity index (χ1n) is 9.46. The summed E-state index contributed by atoms with van der Waals surface area (Å²) < 4.78 is -1.85. The van der Waals surface area contributed by atoms with Crippen molar-refractivity contribution in [1.29, 1.82) is 0 Å². The largest absolute Gasteiger partial charge is 0.616 e. The minimum absolute atomic E-state index is 0.395. The van der Waals surface area contributed by atoms with Crippen LogP contribution in [0.2, 0.25) is 0 Å². The van der Waals surface area contributed by atoms with E-state index in [1.54, 1.807) is 12.1 Å². The lowest BCUT2D eigenvalue weighted by atomic mass is 9.99. The molecule has 4 aromatic carbocycles. The molecule has 6 rings (SSSR count). The summed E-state index contributed by atoms with van der Waals surface area (Å²) in [6, 6.07) is 27.9. The predicted octanol–water partition coefficient (Wildman–Crippen LogP) is 6.13. The van der Waals surface area contributed by atoms with Gasteiger partial charge in [-0.1, -0.05) is 42.5 Å². The molecule has 2 atom stereocenters. The highest BCUT2D eigenvalue weighted by molar-refractivity contribution is 6.05. The molecule has 140 valence electrons. The number of hydrogen-bond donors (Lipinski definition) is 1. The summed E-state index contributed by atoms with van der Waals surface area (Å²) >= 11 is 0. The molecule has 2 aliphatic rings. The standard InChI is InChI=1S/C24H17N3O2/c25-27(29)22-13-7-5-11-18(22)20-14-19-17-10-4-6-12-21(17)26(28,23(19)15-24(20)27)16-8-2-1-3-9-16/h1-15H,25H2. The van der Waals surface area contributed by atoms with Crippen LogP contribution in [0.3, 0.4) is 0 Å². The quantitative estimate of drug-likeness (QED) is 0.246. The molecule has 0 amide bonds. The Morgan fingerprint density at radius 3 is 1.79 bits per heavy atom. The number of nitrogens with zero attached hydrogens (tertiary/aromatic N) is 2. The third-order valence-corrected chi connectivity index (χ3v) is 6.02. The average molecular weight is 379 g/mol. The highest BCUT2D eigenvalue weighted by Gasteiger charge is 2.44. The van der Waals surface area contributed by atoms with Crippen molar-refractivity contribution in [2.24, 2.45) is 5.84 Å². The van der Waals surface area contributed by atoms with Crippen LogP contribution in [0.25, 0.3) is 22.3 Å². The number of nitrogens with two attached hydrogens (primary N) is 1. The van der Waals surface area contributed by atoms with Crippen LogP contribution in [-0.4, -0.2) is 0 Å². The maximum atomic E-state index is 14.4. The van der Waals surface area contributed by atoms with Gasteiger partial charge >= 0.3 is 0 Å². The summed E-state index contributed by atoms with van der Waals surface area (Å²) in [6.07, 6.45) is 0. The molecule has 2 aliphatic heterocycles. The Labute approximate surface area is 167 Å². The molecule has 0 aromatic heterocycles. The Morgan fingerprint density at radius 2 is 1.07 bits per heavy atom.